The molecule has 0 spiro atoms. The van der Waals surface area contributed by atoms with Gasteiger partial charge in [-0.3, -0.25) is 0 Å². The molecule has 4 heteroatoms. The summed E-state index contributed by atoms with van der Waals surface area (Å²) in [5, 5.41) is 6.97. The van der Waals surface area contributed by atoms with E-state index in [4.69, 9.17) is 4.74 Å². The van der Waals surface area contributed by atoms with Gasteiger partial charge in [-0.1, -0.05) is 6.42 Å². The van der Waals surface area contributed by atoms with Gasteiger partial charge in [-0.25, -0.2) is 0 Å². The second kappa shape index (κ2) is 8.93. The molecule has 4 nitrogen and oxygen atoms in total. The van der Waals surface area contributed by atoms with E-state index in [1.54, 1.807) is 0 Å². The van der Waals surface area contributed by atoms with Crippen LogP contribution in [0.4, 0.5) is 0 Å². The summed E-state index contributed by atoms with van der Waals surface area (Å²) in [7, 11) is 4.13. The number of nitrogens with one attached hydrogen (secondary N) is 2. The van der Waals surface area contributed by atoms with Gasteiger partial charge in [-0.05, 0) is 33.5 Å². The van der Waals surface area contributed by atoms with Crippen molar-refractivity contribution in [1.29, 1.82) is 0 Å². The summed E-state index contributed by atoms with van der Waals surface area (Å²) >= 11 is 0. The zero-order valence-electron chi connectivity index (χ0n) is 10.8. The van der Waals surface area contributed by atoms with Crippen molar-refractivity contribution < 1.29 is 4.74 Å². The summed E-state index contributed by atoms with van der Waals surface area (Å²) < 4.78 is 5.51. The molecule has 96 valence electrons. The molecule has 1 fully saturated rings. The van der Waals surface area contributed by atoms with Gasteiger partial charge >= 0.3 is 0 Å². The molecule has 0 aromatic heterocycles. The molecule has 1 rings (SSSR count). The SMILES string of the molecule is CN(C)CCOCCNCC1CCCCN1. The van der Waals surface area contributed by atoms with Crippen LogP contribution in [0.5, 0.6) is 0 Å². The van der Waals surface area contributed by atoms with E-state index < -0.39 is 0 Å². The third kappa shape index (κ3) is 7.17. The maximum atomic E-state index is 5.51. The van der Waals surface area contributed by atoms with Crippen LogP contribution >= 0.6 is 0 Å². The first-order chi connectivity index (χ1) is 7.79. The van der Waals surface area contributed by atoms with Crippen molar-refractivity contribution in [2.24, 2.45) is 0 Å². The van der Waals surface area contributed by atoms with E-state index in [9.17, 15) is 0 Å². The fourth-order valence-electron chi connectivity index (χ4n) is 1.87. The highest BCUT2D eigenvalue weighted by atomic mass is 16.5. The maximum Gasteiger partial charge on any atom is 0.0593 e. The van der Waals surface area contributed by atoms with Gasteiger partial charge in [0.05, 0.1) is 13.2 Å². The average Bonchev–Trinajstić information content (AvgIpc) is 2.29. The number of likely N-dealkylation sites (N-methyl/N-ethyl adjacent to an activating group) is 1. The lowest BCUT2D eigenvalue weighted by molar-refractivity contribution is 0.119. The highest BCUT2D eigenvalue weighted by Crippen LogP contribution is 2.05. The first-order valence-electron chi connectivity index (χ1n) is 6.45. The van der Waals surface area contributed by atoms with Crippen LogP contribution < -0.4 is 10.6 Å². The summed E-state index contributed by atoms with van der Waals surface area (Å²) in [6.45, 7) is 5.88. The molecule has 1 heterocycles. The molecule has 0 amide bonds. The lowest BCUT2D eigenvalue weighted by Crippen LogP contribution is -2.42. The second-order valence-electron chi connectivity index (χ2n) is 4.77. The summed E-state index contributed by atoms with van der Waals surface area (Å²) in [4.78, 5) is 2.14. The first-order valence-corrected chi connectivity index (χ1v) is 6.45. The predicted octanol–water partition coefficient (Wildman–Crippen LogP) is 0.296. The lowest BCUT2D eigenvalue weighted by Gasteiger charge is -2.23. The maximum absolute atomic E-state index is 5.51. The Hall–Kier alpha value is -0.160. The topological polar surface area (TPSA) is 36.5 Å². The number of hydrogen-bond donors (Lipinski definition) is 2. The van der Waals surface area contributed by atoms with Crippen LogP contribution in [0, 0.1) is 0 Å². The molecular formula is C12H27N3O. The Kier molecular flexibility index (Phi) is 7.76. The van der Waals surface area contributed by atoms with E-state index in [2.05, 4.69) is 29.6 Å². The molecule has 0 aromatic carbocycles. The largest absolute Gasteiger partial charge is 0.379 e. The van der Waals surface area contributed by atoms with Crippen LogP contribution in [-0.2, 0) is 4.74 Å². The van der Waals surface area contributed by atoms with E-state index in [0.29, 0.717) is 6.04 Å². The molecule has 1 saturated heterocycles. The van der Waals surface area contributed by atoms with Crippen molar-refractivity contribution in [2.45, 2.75) is 25.3 Å². The second-order valence-corrected chi connectivity index (χ2v) is 4.77. The minimum Gasteiger partial charge on any atom is -0.379 e. The van der Waals surface area contributed by atoms with Gasteiger partial charge in [0.1, 0.15) is 0 Å². The number of hydrogen-bond acceptors (Lipinski definition) is 4. The number of rotatable bonds is 8. The quantitative estimate of drug-likeness (QED) is 0.587. The Morgan fingerprint density at radius 1 is 1.31 bits per heavy atom. The van der Waals surface area contributed by atoms with Crippen molar-refractivity contribution in [1.82, 2.24) is 15.5 Å². The van der Waals surface area contributed by atoms with E-state index in [1.165, 1.54) is 25.8 Å². The molecule has 0 aliphatic carbocycles. The van der Waals surface area contributed by atoms with E-state index in [1.807, 2.05) is 0 Å². The molecule has 2 N–H and O–H groups in total. The molecule has 0 saturated carbocycles. The normalized spacial score (nSPS) is 21.6. The van der Waals surface area contributed by atoms with Gasteiger partial charge in [0.2, 0.25) is 0 Å². The fraction of sp³-hybridized carbons (Fsp3) is 1.00. The van der Waals surface area contributed by atoms with Crippen molar-refractivity contribution in [3.05, 3.63) is 0 Å². The van der Waals surface area contributed by atoms with Crippen LogP contribution in [-0.4, -0.2) is 64.4 Å². The summed E-state index contributed by atoms with van der Waals surface area (Å²) in [5.74, 6) is 0. The highest BCUT2D eigenvalue weighted by molar-refractivity contribution is 4.73. The number of ether oxygens (including phenoxy) is 1. The minimum absolute atomic E-state index is 0.676. The molecule has 1 aliphatic rings. The zero-order valence-corrected chi connectivity index (χ0v) is 10.8. The zero-order chi connectivity index (χ0) is 11.6. The summed E-state index contributed by atoms with van der Waals surface area (Å²) in [6, 6.07) is 0.676. The van der Waals surface area contributed by atoms with Gasteiger partial charge in [0.15, 0.2) is 0 Å². The number of piperidine rings is 1. The molecule has 1 aliphatic heterocycles. The molecule has 1 unspecified atom stereocenters. The highest BCUT2D eigenvalue weighted by Gasteiger charge is 2.10. The fourth-order valence-corrected chi connectivity index (χ4v) is 1.87. The average molecular weight is 229 g/mol. The Balaban J connectivity index is 1.80. The van der Waals surface area contributed by atoms with Crippen LogP contribution in [0.15, 0.2) is 0 Å². The van der Waals surface area contributed by atoms with Crippen LogP contribution in [0.25, 0.3) is 0 Å². The Morgan fingerprint density at radius 2 is 2.19 bits per heavy atom. The Morgan fingerprint density at radius 3 is 2.88 bits per heavy atom. The minimum atomic E-state index is 0.676. The van der Waals surface area contributed by atoms with E-state index in [-0.39, 0.29) is 0 Å². The van der Waals surface area contributed by atoms with Crippen LogP contribution in [0.3, 0.4) is 0 Å². The summed E-state index contributed by atoms with van der Waals surface area (Å²) in [6.07, 6.45) is 4.03. The Labute approximate surface area is 99.7 Å². The van der Waals surface area contributed by atoms with Crippen LogP contribution in [0.2, 0.25) is 0 Å². The van der Waals surface area contributed by atoms with Crippen molar-refractivity contribution in [3.63, 3.8) is 0 Å². The van der Waals surface area contributed by atoms with Crippen molar-refractivity contribution in [3.8, 4) is 0 Å². The van der Waals surface area contributed by atoms with Gasteiger partial charge < -0.3 is 20.3 Å². The first kappa shape index (κ1) is 13.9. The van der Waals surface area contributed by atoms with E-state index >= 15 is 0 Å². The van der Waals surface area contributed by atoms with Gasteiger partial charge in [0, 0.05) is 25.7 Å². The van der Waals surface area contributed by atoms with Crippen LogP contribution in [0.1, 0.15) is 19.3 Å². The van der Waals surface area contributed by atoms with Gasteiger partial charge in [0.25, 0.3) is 0 Å². The molecular weight excluding hydrogens is 202 g/mol. The monoisotopic (exact) mass is 229 g/mol. The molecule has 16 heavy (non-hydrogen) atoms. The predicted molar refractivity (Wildman–Crippen MR) is 67.9 cm³/mol. The van der Waals surface area contributed by atoms with Gasteiger partial charge in [-0.2, -0.15) is 0 Å². The molecule has 0 bridgehead atoms. The number of nitrogens with zero attached hydrogens (tertiary/aromatic N) is 1. The lowest BCUT2D eigenvalue weighted by atomic mass is 10.1. The molecule has 1 atom stereocenters. The van der Waals surface area contributed by atoms with Gasteiger partial charge in [-0.15, -0.1) is 0 Å². The molecule has 0 radical (unpaired) electrons. The third-order valence-electron chi connectivity index (χ3n) is 2.91. The Bertz CT molecular complexity index is 158. The van der Waals surface area contributed by atoms with Crippen molar-refractivity contribution >= 4 is 0 Å². The van der Waals surface area contributed by atoms with E-state index in [0.717, 1.165) is 32.8 Å². The third-order valence-corrected chi connectivity index (χ3v) is 2.91. The standard InChI is InChI=1S/C12H27N3O/c1-15(2)8-10-16-9-7-13-11-12-5-3-4-6-14-12/h12-14H,3-11H2,1-2H3. The van der Waals surface area contributed by atoms with Crippen molar-refractivity contribution in [2.75, 3.05) is 53.5 Å². The molecule has 0 aromatic rings. The smallest absolute Gasteiger partial charge is 0.0593 e. The summed E-state index contributed by atoms with van der Waals surface area (Å²) in [5.41, 5.74) is 0.